The number of aromatic nitrogens is 1. The number of hydrogen-bond donors (Lipinski definition) is 0. The third kappa shape index (κ3) is 2.49. The second-order valence-corrected chi connectivity index (χ2v) is 7.85. The molecule has 0 bridgehead atoms. The van der Waals surface area contributed by atoms with E-state index in [1.807, 2.05) is 17.7 Å². The summed E-state index contributed by atoms with van der Waals surface area (Å²) in [6.07, 6.45) is 2.03. The molecule has 2 rings (SSSR count). The van der Waals surface area contributed by atoms with E-state index in [2.05, 4.69) is 32.7 Å². The van der Waals surface area contributed by atoms with Crippen molar-refractivity contribution >= 4 is 17.2 Å². The zero-order chi connectivity index (χ0) is 15.1. The molecule has 1 saturated carbocycles. The maximum absolute atomic E-state index is 12.4. The third-order valence-corrected chi connectivity index (χ3v) is 5.78. The van der Waals surface area contributed by atoms with Gasteiger partial charge in [0.05, 0.1) is 12.5 Å². The smallest absolute Gasteiger partial charge is 0.252 e. The second-order valence-electron chi connectivity index (χ2n) is 6.64. The van der Waals surface area contributed by atoms with Gasteiger partial charge in [0.25, 0.3) is 5.91 Å². The van der Waals surface area contributed by atoms with Crippen LogP contribution in [0.4, 0.5) is 0 Å². The molecule has 1 aliphatic carbocycles. The van der Waals surface area contributed by atoms with Crippen LogP contribution in [0, 0.1) is 23.7 Å². The Bertz CT molecular complexity index is 567. The van der Waals surface area contributed by atoms with Crippen LogP contribution in [0.2, 0.25) is 0 Å². The van der Waals surface area contributed by atoms with Crippen molar-refractivity contribution in [3.05, 3.63) is 15.9 Å². The van der Waals surface area contributed by atoms with Gasteiger partial charge >= 0.3 is 0 Å². The first-order chi connectivity index (χ1) is 9.21. The van der Waals surface area contributed by atoms with Crippen molar-refractivity contribution in [2.45, 2.75) is 41.2 Å². The van der Waals surface area contributed by atoms with E-state index in [1.165, 1.54) is 0 Å². The molecular weight excluding hydrogens is 272 g/mol. The van der Waals surface area contributed by atoms with Crippen molar-refractivity contribution in [2.75, 3.05) is 13.7 Å². The van der Waals surface area contributed by atoms with E-state index in [9.17, 15) is 4.79 Å². The number of aryl methyl sites for hydroxylation is 1. The fourth-order valence-electron chi connectivity index (χ4n) is 2.91. The van der Waals surface area contributed by atoms with Crippen molar-refractivity contribution in [2.24, 2.45) is 21.7 Å². The Balaban J connectivity index is 2.26. The van der Waals surface area contributed by atoms with Crippen LogP contribution in [-0.2, 0) is 16.1 Å². The lowest BCUT2D eigenvalue weighted by atomic mass is 10.0. The highest BCUT2D eigenvalue weighted by molar-refractivity contribution is 7.09. The van der Waals surface area contributed by atoms with E-state index >= 15 is 0 Å². The molecule has 0 saturated heterocycles. The van der Waals surface area contributed by atoms with Crippen LogP contribution in [0.3, 0.4) is 0 Å². The van der Waals surface area contributed by atoms with E-state index in [-0.39, 0.29) is 22.7 Å². The van der Waals surface area contributed by atoms with E-state index in [0.29, 0.717) is 6.61 Å². The minimum absolute atomic E-state index is 0.00742. The molecule has 0 atom stereocenters. The lowest BCUT2D eigenvalue weighted by molar-refractivity contribution is -0.120. The van der Waals surface area contributed by atoms with Crippen LogP contribution >= 0.6 is 11.3 Å². The molecule has 1 aliphatic rings. The van der Waals surface area contributed by atoms with Crippen LogP contribution < -0.4 is 4.80 Å². The third-order valence-electron chi connectivity index (χ3n) is 4.85. The number of carbonyl (C=O) groups is 1. The molecule has 0 aliphatic heterocycles. The quantitative estimate of drug-likeness (QED) is 0.857. The minimum atomic E-state index is 0.00742. The van der Waals surface area contributed by atoms with Gasteiger partial charge < -0.3 is 9.30 Å². The molecule has 112 valence electrons. The van der Waals surface area contributed by atoms with Crippen molar-refractivity contribution in [3.8, 4) is 0 Å². The largest absolute Gasteiger partial charge is 0.383 e. The molecule has 5 heteroatoms. The number of rotatable bonds is 4. The predicted octanol–water partition coefficient (Wildman–Crippen LogP) is 2.61. The second kappa shape index (κ2) is 5.11. The molecule has 1 aromatic heterocycles. The summed E-state index contributed by atoms with van der Waals surface area (Å²) in [4.78, 5) is 18.7. The van der Waals surface area contributed by atoms with Gasteiger partial charge in [-0.15, -0.1) is 11.3 Å². The maximum Gasteiger partial charge on any atom is 0.252 e. The summed E-state index contributed by atoms with van der Waals surface area (Å²) >= 11 is 1.56. The van der Waals surface area contributed by atoms with Gasteiger partial charge in [0.1, 0.15) is 0 Å². The van der Waals surface area contributed by atoms with Crippen molar-refractivity contribution in [1.82, 2.24) is 4.57 Å². The lowest BCUT2D eigenvalue weighted by Gasteiger charge is -2.03. The van der Waals surface area contributed by atoms with Gasteiger partial charge in [0.15, 0.2) is 4.80 Å². The van der Waals surface area contributed by atoms with Crippen molar-refractivity contribution in [1.29, 1.82) is 0 Å². The van der Waals surface area contributed by atoms with Crippen LogP contribution in [0.25, 0.3) is 0 Å². The average molecular weight is 296 g/mol. The molecule has 0 spiro atoms. The van der Waals surface area contributed by atoms with Crippen molar-refractivity contribution < 1.29 is 9.53 Å². The maximum atomic E-state index is 12.4. The first-order valence-electron chi connectivity index (χ1n) is 6.96. The molecule has 1 amide bonds. The molecule has 4 nitrogen and oxygen atoms in total. The van der Waals surface area contributed by atoms with E-state index in [0.717, 1.165) is 16.2 Å². The van der Waals surface area contributed by atoms with Gasteiger partial charge in [-0.1, -0.05) is 27.7 Å². The zero-order valence-electron chi connectivity index (χ0n) is 13.2. The summed E-state index contributed by atoms with van der Waals surface area (Å²) in [5.74, 6) is 0.0290. The number of nitrogens with zero attached hydrogens (tertiary/aromatic N) is 2. The van der Waals surface area contributed by atoms with E-state index < -0.39 is 0 Å². The van der Waals surface area contributed by atoms with E-state index in [4.69, 9.17) is 4.74 Å². The highest BCUT2D eigenvalue weighted by Gasteiger charge is 2.68. The SMILES string of the molecule is COCCn1cc(C)s/c1=N\C(=O)C1C(C)(C)C1(C)C. The van der Waals surface area contributed by atoms with Crippen LogP contribution in [-0.4, -0.2) is 24.2 Å². The Labute approximate surface area is 124 Å². The summed E-state index contributed by atoms with van der Waals surface area (Å²) in [5, 5.41) is 0. The van der Waals surface area contributed by atoms with Crippen molar-refractivity contribution in [3.63, 3.8) is 0 Å². The molecule has 1 heterocycles. The highest BCUT2D eigenvalue weighted by atomic mass is 32.1. The van der Waals surface area contributed by atoms with Gasteiger partial charge in [-0.3, -0.25) is 4.79 Å². The number of amides is 1. The first kappa shape index (κ1) is 15.4. The van der Waals surface area contributed by atoms with Crippen LogP contribution in [0.5, 0.6) is 0 Å². The summed E-state index contributed by atoms with van der Waals surface area (Å²) < 4.78 is 7.10. The summed E-state index contributed by atoms with van der Waals surface area (Å²) in [5.41, 5.74) is 0.0779. The zero-order valence-corrected chi connectivity index (χ0v) is 14.0. The molecule has 1 fully saturated rings. The molecular formula is C15H24N2O2S. The number of methoxy groups -OCH3 is 1. The molecule has 20 heavy (non-hydrogen) atoms. The normalized spacial score (nSPS) is 21.2. The monoisotopic (exact) mass is 296 g/mol. The summed E-state index contributed by atoms with van der Waals surface area (Å²) in [6, 6.07) is 0. The fraction of sp³-hybridized carbons (Fsp3) is 0.733. The molecule has 1 aromatic rings. The Morgan fingerprint density at radius 3 is 2.50 bits per heavy atom. The summed E-state index contributed by atoms with van der Waals surface area (Å²) in [6.45, 7) is 12.0. The fourth-order valence-corrected chi connectivity index (χ4v) is 3.78. The molecule has 0 unspecified atom stereocenters. The number of thiazole rings is 1. The Kier molecular flexibility index (Phi) is 3.95. The minimum Gasteiger partial charge on any atom is -0.383 e. The molecule has 0 radical (unpaired) electrons. The van der Waals surface area contributed by atoms with Gasteiger partial charge in [-0.25, -0.2) is 0 Å². The number of carbonyl (C=O) groups excluding carboxylic acids is 1. The topological polar surface area (TPSA) is 43.6 Å². The Morgan fingerprint density at radius 2 is 2.00 bits per heavy atom. The average Bonchev–Trinajstić information content (AvgIpc) is 2.60. The van der Waals surface area contributed by atoms with Gasteiger partial charge in [-0.2, -0.15) is 4.99 Å². The van der Waals surface area contributed by atoms with Gasteiger partial charge in [0, 0.05) is 24.7 Å². The van der Waals surface area contributed by atoms with E-state index in [1.54, 1.807) is 18.4 Å². The van der Waals surface area contributed by atoms with Crippen LogP contribution in [0.1, 0.15) is 32.6 Å². The number of hydrogen-bond acceptors (Lipinski definition) is 3. The van der Waals surface area contributed by atoms with Crippen LogP contribution in [0.15, 0.2) is 11.2 Å². The predicted molar refractivity (Wildman–Crippen MR) is 80.5 cm³/mol. The standard InChI is InChI=1S/C15H24N2O2S/c1-10-9-17(7-8-19-6)13(20-10)16-12(18)11-14(2,3)15(11,4)5/h9,11H,7-8H2,1-6H3/b16-13-. The Hall–Kier alpha value is -0.940. The molecule has 0 N–H and O–H groups in total. The highest BCUT2D eigenvalue weighted by Crippen LogP contribution is 2.68. The summed E-state index contributed by atoms with van der Waals surface area (Å²) in [7, 11) is 1.68. The lowest BCUT2D eigenvalue weighted by Crippen LogP contribution is -2.19. The molecule has 0 aromatic carbocycles. The Morgan fingerprint density at radius 1 is 1.40 bits per heavy atom. The van der Waals surface area contributed by atoms with Gasteiger partial charge in [0.2, 0.25) is 0 Å². The van der Waals surface area contributed by atoms with Gasteiger partial charge in [-0.05, 0) is 17.8 Å². The number of ether oxygens (including phenoxy) is 1. The first-order valence-corrected chi connectivity index (χ1v) is 7.78.